The van der Waals surface area contributed by atoms with Crippen LogP contribution in [0, 0.1) is 0 Å². The van der Waals surface area contributed by atoms with Crippen molar-refractivity contribution >= 4 is 11.4 Å². The van der Waals surface area contributed by atoms with Crippen LogP contribution >= 0.6 is 0 Å². The van der Waals surface area contributed by atoms with Gasteiger partial charge in [-0.1, -0.05) is 49.1 Å². The first-order chi connectivity index (χ1) is 8.86. The molecule has 0 saturated carbocycles. The van der Waals surface area contributed by atoms with E-state index in [2.05, 4.69) is 72.2 Å². The predicted octanol–water partition coefficient (Wildman–Crippen LogP) is 4.45. The zero-order chi connectivity index (χ0) is 12.4. The summed E-state index contributed by atoms with van der Waals surface area (Å²) in [5.41, 5.74) is 4.71. The normalized spacial score (nSPS) is 14.2. The highest BCUT2D eigenvalue weighted by atomic mass is 15.1. The van der Waals surface area contributed by atoms with Crippen molar-refractivity contribution in [3.05, 3.63) is 84.6 Å². The zero-order valence-electron chi connectivity index (χ0n) is 10.2. The van der Waals surface area contributed by atoms with Crippen LogP contribution in [0.1, 0.15) is 5.56 Å². The topological polar surface area (TPSA) is 3.24 Å². The maximum atomic E-state index is 4.17. The predicted molar refractivity (Wildman–Crippen MR) is 77.0 cm³/mol. The summed E-state index contributed by atoms with van der Waals surface area (Å²) >= 11 is 0. The third kappa shape index (κ3) is 1.84. The highest BCUT2D eigenvalue weighted by molar-refractivity contribution is 5.73. The van der Waals surface area contributed by atoms with E-state index in [1.807, 2.05) is 6.07 Å². The van der Waals surface area contributed by atoms with Crippen molar-refractivity contribution in [1.29, 1.82) is 0 Å². The van der Waals surface area contributed by atoms with Gasteiger partial charge in [-0.15, -0.1) is 0 Å². The Labute approximate surface area is 108 Å². The van der Waals surface area contributed by atoms with E-state index in [0.717, 1.165) is 17.8 Å². The average Bonchev–Trinajstić information content (AvgIpc) is 2.58. The third-order valence-corrected chi connectivity index (χ3v) is 3.18. The lowest BCUT2D eigenvalue weighted by Gasteiger charge is -2.26. The number of anilines is 2. The van der Waals surface area contributed by atoms with Gasteiger partial charge in [0.15, 0.2) is 0 Å². The Bertz CT molecular complexity index is 596. The summed E-state index contributed by atoms with van der Waals surface area (Å²) in [6.45, 7) is 4.17. The first kappa shape index (κ1) is 10.8. The van der Waals surface area contributed by atoms with Gasteiger partial charge >= 0.3 is 0 Å². The number of hydrogen-bond donors (Lipinski definition) is 0. The molecule has 0 radical (unpaired) electrons. The summed E-state index contributed by atoms with van der Waals surface area (Å²) in [6.07, 6.45) is 5.22. The molecule has 1 aliphatic heterocycles. The molecule has 2 aromatic carbocycles. The van der Waals surface area contributed by atoms with Crippen molar-refractivity contribution in [2.45, 2.75) is 6.42 Å². The number of fused-ring (bicyclic) bond motifs is 1. The van der Waals surface area contributed by atoms with E-state index >= 15 is 0 Å². The van der Waals surface area contributed by atoms with Gasteiger partial charge in [0, 0.05) is 17.1 Å². The summed E-state index contributed by atoms with van der Waals surface area (Å²) in [4.78, 5) is 2.21. The minimum absolute atomic E-state index is 0.957. The quantitative estimate of drug-likeness (QED) is 0.703. The van der Waals surface area contributed by atoms with Crippen LogP contribution in [0.4, 0.5) is 11.4 Å². The maximum absolute atomic E-state index is 4.17. The molecule has 0 fully saturated rings. The van der Waals surface area contributed by atoms with Gasteiger partial charge in [0.25, 0.3) is 0 Å². The van der Waals surface area contributed by atoms with Gasteiger partial charge in [0.1, 0.15) is 0 Å². The first-order valence-corrected chi connectivity index (χ1v) is 6.15. The van der Waals surface area contributed by atoms with Gasteiger partial charge in [-0.3, -0.25) is 0 Å². The first-order valence-electron chi connectivity index (χ1n) is 6.15. The third-order valence-electron chi connectivity index (χ3n) is 3.18. The van der Waals surface area contributed by atoms with Gasteiger partial charge in [0.2, 0.25) is 0 Å². The molecule has 0 amide bonds. The maximum Gasteiger partial charge on any atom is 0.0496 e. The van der Waals surface area contributed by atoms with E-state index < -0.39 is 0 Å². The number of para-hydroxylation sites is 2. The fourth-order valence-electron chi connectivity index (χ4n) is 2.33. The summed E-state index contributed by atoms with van der Waals surface area (Å²) in [7, 11) is 0. The van der Waals surface area contributed by atoms with Crippen LogP contribution in [-0.2, 0) is 6.42 Å². The molecule has 0 aliphatic carbocycles. The standard InChI is InChI=1S/C17H15N/c1-14-8-7-10-15-9-5-6-13-17(15)18(14)16-11-3-2-4-12-16/h2-9,11-13H,1,10H2. The van der Waals surface area contributed by atoms with Crippen LogP contribution < -0.4 is 4.90 Å². The lowest BCUT2D eigenvalue weighted by atomic mass is 10.1. The summed E-state index contributed by atoms with van der Waals surface area (Å²) in [5, 5.41) is 0. The van der Waals surface area contributed by atoms with Crippen LogP contribution in [-0.4, -0.2) is 0 Å². The molecule has 0 N–H and O–H groups in total. The van der Waals surface area contributed by atoms with E-state index in [1.54, 1.807) is 0 Å². The highest BCUT2D eigenvalue weighted by Crippen LogP contribution is 2.34. The van der Waals surface area contributed by atoms with Crippen molar-refractivity contribution in [1.82, 2.24) is 0 Å². The SMILES string of the molecule is C=C1C=CCc2ccccc2N1c1ccccc1. The van der Waals surface area contributed by atoms with Crippen molar-refractivity contribution in [2.24, 2.45) is 0 Å². The fraction of sp³-hybridized carbons (Fsp3) is 0.0588. The Balaban J connectivity index is 2.17. The Morgan fingerprint density at radius 2 is 1.61 bits per heavy atom. The van der Waals surface area contributed by atoms with Crippen LogP contribution in [0.25, 0.3) is 0 Å². The summed E-state index contributed by atoms with van der Waals surface area (Å²) in [6, 6.07) is 18.9. The Kier molecular flexibility index (Phi) is 2.73. The second kappa shape index (κ2) is 4.53. The van der Waals surface area contributed by atoms with Crippen LogP contribution in [0.2, 0.25) is 0 Å². The van der Waals surface area contributed by atoms with Gasteiger partial charge < -0.3 is 4.90 Å². The van der Waals surface area contributed by atoms with Gasteiger partial charge in [0.05, 0.1) is 0 Å². The van der Waals surface area contributed by atoms with Gasteiger partial charge in [-0.25, -0.2) is 0 Å². The number of rotatable bonds is 1. The molecule has 18 heavy (non-hydrogen) atoms. The number of nitrogens with zero attached hydrogens (tertiary/aromatic N) is 1. The minimum Gasteiger partial charge on any atom is -0.311 e. The zero-order valence-corrected chi connectivity index (χ0v) is 10.2. The van der Waals surface area contributed by atoms with Crippen LogP contribution in [0.3, 0.4) is 0 Å². The molecule has 1 nitrogen and oxygen atoms in total. The molecule has 0 bridgehead atoms. The lowest BCUT2D eigenvalue weighted by Crippen LogP contribution is -2.14. The molecule has 0 unspecified atom stereocenters. The Morgan fingerprint density at radius 3 is 2.44 bits per heavy atom. The van der Waals surface area contributed by atoms with Crippen molar-refractivity contribution in [2.75, 3.05) is 4.90 Å². The smallest absolute Gasteiger partial charge is 0.0496 e. The molecule has 0 saturated heterocycles. The van der Waals surface area contributed by atoms with Crippen LogP contribution in [0.5, 0.6) is 0 Å². The van der Waals surface area contributed by atoms with Gasteiger partial charge in [-0.05, 0) is 36.3 Å². The molecule has 0 atom stereocenters. The summed E-state index contributed by atoms with van der Waals surface area (Å²) in [5.74, 6) is 0. The van der Waals surface area contributed by atoms with E-state index in [4.69, 9.17) is 0 Å². The largest absolute Gasteiger partial charge is 0.311 e. The minimum atomic E-state index is 0.957. The molecule has 2 aromatic rings. The molecular weight excluding hydrogens is 218 g/mol. The highest BCUT2D eigenvalue weighted by Gasteiger charge is 2.16. The molecule has 1 aliphatic rings. The van der Waals surface area contributed by atoms with Crippen LogP contribution in [0.15, 0.2) is 79.0 Å². The molecule has 0 aromatic heterocycles. The van der Waals surface area contributed by atoms with Crippen molar-refractivity contribution < 1.29 is 0 Å². The van der Waals surface area contributed by atoms with Gasteiger partial charge in [-0.2, -0.15) is 0 Å². The molecule has 0 spiro atoms. The average molecular weight is 233 g/mol. The van der Waals surface area contributed by atoms with E-state index in [-0.39, 0.29) is 0 Å². The van der Waals surface area contributed by atoms with E-state index in [9.17, 15) is 0 Å². The monoisotopic (exact) mass is 233 g/mol. The van der Waals surface area contributed by atoms with Crippen molar-refractivity contribution in [3.8, 4) is 0 Å². The Hall–Kier alpha value is -2.28. The summed E-state index contributed by atoms with van der Waals surface area (Å²) < 4.78 is 0. The van der Waals surface area contributed by atoms with Crippen molar-refractivity contribution in [3.63, 3.8) is 0 Å². The fourth-order valence-corrected chi connectivity index (χ4v) is 2.33. The number of allylic oxidation sites excluding steroid dienone is 2. The molecule has 1 heteroatoms. The van der Waals surface area contributed by atoms with E-state index in [1.165, 1.54) is 11.3 Å². The molecule has 1 heterocycles. The molecule has 88 valence electrons. The number of benzene rings is 2. The lowest BCUT2D eigenvalue weighted by molar-refractivity contribution is 1.20. The molecular formula is C17H15N. The second-order valence-electron chi connectivity index (χ2n) is 4.40. The second-order valence-corrected chi connectivity index (χ2v) is 4.40. The van der Waals surface area contributed by atoms with E-state index in [0.29, 0.717) is 0 Å². The molecule has 3 rings (SSSR count). The Morgan fingerprint density at radius 1 is 0.889 bits per heavy atom. The number of hydrogen-bond acceptors (Lipinski definition) is 1.